The number of halogens is 1. The Morgan fingerprint density at radius 2 is 1.72 bits per heavy atom. The quantitative estimate of drug-likeness (QED) is 0.655. The van der Waals surface area contributed by atoms with Crippen LogP contribution in [0.2, 0.25) is 0 Å². The van der Waals surface area contributed by atoms with E-state index in [1.54, 1.807) is 6.92 Å². The first-order valence-electron chi connectivity index (χ1n) is 7.98. The molecule has 142 valence electrons. The number of ether oxygens (including phenoxy) is 2. The van der Waals surface area contributed by atoms with E-state index in [1.165, 1.54) is 12.0 Å². The fourth-order valence-corrected chi connectivity index (χ4v) is 2.47. The lowest BCUT2D eigenvalue weighted by atomic mass is 10.1. The molecule has 0 radical (unpaired) electrons. The van der Waals surface area contributed by atoms with Gasteiger partial charge in [0.1, 0.15) is 19.3 Å². The normalized spacial score (nSPS) is 11.6. The standard InChI is InChI=1S/C18H28N2O4.ClH/c1-13-8-7-9-14(2)17(13)20(16(21)12-23-6)15(3)18(22)24-11-10-19(4)5;/h7-9,15H,10-12H2,1-6H3;1H/t15-;/m0./s1. The van der Waals surface area contributed by atoms with Gasteiger partial charge in [-0.05, 0) is 46.0 Å². The number of anilines is 1. The summed E-state index contributed by atoms with van der Waals surface area (Å²) in [5.74, 6) is -0.698. The fourth-order valence-electron chi connectivity index (χ4n) is 2.47. The number of hydrogen-bond donors (Lipinski definition) is 0. The maximum absolute atomic E-state index is 12.6. The molecule has 1 aromatic carbocycles. The minimum Gasteiger partial charge on any atom is -0.463 e. The molecule has 7 heteroatoms. The van der Waals surface area contributed by atoms with Crippen LogP contribution in [0.5, 0.6) is 0 Å². The Morgan fingerprint density at radius 1 is 1.16 bits per heavy atom. The van der Waals surface area contributed by atoms with E-state index in [-0.39, 0.29) is 31.5 Å². The Kier molecular flexibility index (Phi) is 10.4. The minimum atomic E-state index is -0.727. The second-order valence-electron chi connectivity index (χ2n) is 6.08. The van der Waals surface area contributed by atoms with Gasteiger partial charge < -0.3 is 14.4 Å². The number of methoxy groups -OCH3 is 1. The average Bonchev–Trinajstić information content (AvgIpc) is 2.50. The first-order valence-corrected chi connectivity index (χ1v) is 7.98. The van der Waals surface area contributed by atoms with Crippen molar-refractivity contribution in [2.45, 2.75) is 26.8 Å². The number of esters is 1. The molecule has 25 heavy (non-hydrogen) atoms. The molecule has 0 heterocycles. The molecule has 6 nitrogen and oxygen atoms in total. The molecule has 0 fully saturated rings. The van der Waals surface area contributed by atoms with Crippen molar-refractivity contribution in [3.05, 3.63) is 29.3 Å². The van der Waals surface area contributed by atoms with Crippen LogP contribution < -0.4 is 4.90 Å². The van der Waals surface area contributed by atoms with E-state index in [9.17, 15) is 9.59 Å². The number of amides is 1. The minimum absolute atomic E-state index is 0. The average molecular weight is 373 g/mol. The molecule has 0 spiro atoms. The highest BCUT2D eigenvalue weighted by Gasteiger charge is 2.30. The van der Waals surface area contributed by atoms with Gasteiger partial charge in [-0.1, -0.05) is 18.2 Å². The molecular formula is C18H29ClN2O4. The molecule has 0 aromatic heterocycles. The van der Waals surface area contributed by atoms with Gasteiger partial charge in [-0.3, -0.25) is 9.69 Å². The second kappa shape index (κ2) is 11.1. The van der Waals surface area contributed by atoms with E-state index in [0.29, 0.717) is 6.54 Å². The van der Waals surface area contributed by atoms with E-state index in [2.05, 4.69) is 0 Å². The summed E-state index contributed by atoms with van der Waals surface area (Å²) in [6, 6.07) is 5.03. The van der Waals surface area contributed by atoms with Crippen LogP contribution in [-0.2, 0) is 19.1 Å². The van der Waals surface area contributed by atoms with Gasteiger partial charge in [-0.25, -0.2) is 4.79 Å². The Labute approximate surface area is 156 Å². The zero-order valence-electron chi connectivity index (χ0n) is 15.9. The highest BCUT2D eigenvalue weighted by molar-refractivity contribution is 6.01. The highest BCUT2D eigenvalue weighted by Crippen LogP contribution is 2.27. The molecule has 0 aliphatic rings. The predicted octanol–water partition coefficient (Wildman–Crippen LogP) is 2.20. The van der Waals surface area contributed by atoms with Crippen molar-refractivity contribution in [3.8, 4) is 0 Å². The van der Waals surface area contributed by atoms with Crippen molar-refractivity contribution in [3.63, 3.8) is 0 Å². The van der Waals surface area contributed by atoms with Crippen molar-refractivity contribution >= 4 is 30.0 Å². The van der Waals surface area contributed by atoms with E-state index in [4.69, 9.17) is 9.47 Å². The third kappa shape index (κ3) is 6.65. The molecule has 0 unspecified atom stereocenters. The maximum atomic E-state index is 12.6. The van der Waals surface area contributed by atoms with E-state index in [1.807, 2.05) is 51.0 Å². The van der Waals surface area contributed by atoms with Gasteiger partial charge in [0, 0.05) is 13.7 Å². The third-order valence-corrected chi connectivity index (χ3v) is 3.73. The third-order valence-electron chi connectivity index (χ3n) is 3.73. The lowest BCUT2D eigenvalue weighted by molar-refractivity contribution is -0.146. The van der Waals surface area contributed by atoms with Crippen molar-refractivity contribution in [1.29, 1.82) is 0 Å². The number of para-hydroxylation sites is 1. The number of carbonyl (C=O) groups excluding carboxylic acids is 2. The summed E-state index contributed by atoms with van der Waals surface area (Å²) in [7, 11) is 5.27. The van der Waals surface area contributed by atoms with Crippen LogP contribution in [-0.4, -0.2) is 63.8 Å². The Balaban J connectivity index is 0.00000576. The summed E-state index contributed by atoms with van der Waals surface area (Å²) in [5.41, 5.74) is 2.58. The molecule has 0 saturated carbocycles. The van der Waals surface area contributed by atoms with Gasteiger partial charge in [0.05, 0.1) is 5.69 Å². The van der Waals surface area contributed by atoms with Gasteiger partial charge in [0.25, 0.3) is 5.91 Å². The van der Waals surface area contributed by atoms with Gasteiger partial charge in [-0.2, -0.15) is 0 Å². The fraction of sp³-hybridized carbons (Fsp3) is 0.556. The molecule has 1 amide bonds. The number of benzene rings is 1. The van der Waals surface area contributed by atoms with Crippen molar-refractivity contribution < 1.29 is 19.1 Å². The Morgan fingerprint density at radius 3 is 2.20 bits per heavy atom. The van der Waals surface area contributed by atoms with Crippen LogP contribution in [0.3, 0.4) is 0 Å². The molecule has 1 atom stereocenters. The van der Waals surface area contributed by atoms with Crippen LogP contribution in [0.15, 0.2) is 18.2 Å². The van der Waals surface area contributed by atoms with E-state index >= 15 is 0 Å². The van der Waals surface area contributed by atoms with Crippen LogP contribution >= 0.6 is 12.4 Å². The van der Waals surface area contributed by atoms with Crippen LogP contribution in [0.25, 0.3) is 0 Å². The second-order valence-corrected chi connectivity index (χ2v) is 6.08. The maximum Gasteiger partial charge on any atom is 0.329 e. The number of aryl methyl sites for hydroxylation is 2. The summed E-state index contributed by atoms with van der Waals surface area (Å²) in [6.45, 7) is 6.34. The monoisotopic (exact) mass is 372 g/mol. The smallest absolute Gasteiger partial charge is 0.329 e. The van der Waals surface area contributed by atoms with Gasteiger partial charge in [0.15, 0.2) is 0 Å². The molecule has 1 rings (SSSR count). The highest BCUT2D eigenvalue weighted by atomic mass is 35.5. The SMILES string of the molecule is COCC(=O)N(c1c(C)cccc1C)[C@@H](C)C(=O)OCCN(C)C.Cl. The van der Waals surface area contributed by atoms with Crippen molar-refractivity contribution in [1.82, 2.24) is 4.90 Å². The molecule has 0 bridgehead atoms. The number of carbonyl (C=O) groups is 2. The number of rotatable bonds is 8. The molecule has 0 aliphatic heterocycles. The topological polar surface area (TPSA) is 59.1 Å². The Bertz CT molecular complexity index is 558. The molecular weight excluding hydrogens is 344 g/mol. The number of nitrogens with zero attached hydrogens (tertiary/aromatic N) is 2. The van der Waals surface area contributed by atoms with Crippen LogP contribution in [0, 0.1) is 13.8 Å². The summed E-state index contributed by atoms with van der Waals surface area (Å²) in [5, 5.41) is 0. The van der Waals surface area contributed by atoms with Gasteiger partial charge in [-0.15, -0.1) is 12.4 Å². The molecule has 0 aliphatic carbocycles. The number of likely N-dealkylation sites (N-methyl/N-ethyl adjacent to an activating group) is 1. The van der Waals surface area contributed by atoms with Gasteiger partial charge in [0.2, 0.25) is 0 Å². The zero-order valence-corrected chi connectivity index (χ0v) is 16.7. The zero-order chi connectivity index (χ0) is 18.3. The van der Waals surface area contributed by atoms with Crippen molar-refractivity contribution in [2.75, 3.05) is 45.9 Å². The van der Waals surface area contributed by atoms with Crippen LogP contribution in [0.4, 0.5) is 5.69 Å². The largest absolute Gasteiger partial charge is 0.463 e. The summed E-state index contributed by atoms with van der Waals surface area (Å²) in [4.78, 5) is 28.4. The lowest BCUT2D eigenvalue weighted by Crippen LogP contribution is -2.46. The first-order chi connectivity index (χ1) is 11.3. The van der Waals surface area contributed by atoms with E-state index in [0.717, 1.165) is 16.8 Å². The summed E-state index contributed by atoms with van der Waals surface area (Å²) >= 11 is 0. The first kappa shape index (κ1) is 23.4. The van der Waals surface area contributed by atoms with Crippen LogP contribution in [0.1, 0.15) is 18.1 Å². The summed E-state index contributed by atoms with van der Waals surface area (Å²) < 4.78 is 10.3. The molecule has 0 saturated heterocycles. The summed E-state index contributed by atoms with van der Waals surface area (Å²) in [6.07, 6.45) is 0. The molecule has 0 N–H and O–H groups in total. The molecule has 1 aromatic rings. The van der Waals surface area contributed by atoms with Crippen molar-refractivity contribution in [2.24, 2.45) is 0 Å². The van der Waals surface area contributed by atoms with Gasteiger partial charge >= 0.3 is 5.97 Å². The lowest BCUT2D eigenvalue weighted by Gasteiger charge is -2.30. The number of hydrogen-bond acceptors (Lipinski definition) is 5. The predicted molar refractivity (Wildman–Crippen MR) is 102 cm³/mol. The van der Waals surface area contributed by atoms with E-state index < -0.39 is 12.0 Å². The Hall–Kier alpha value is -1.63.